The van der Waals surface area contributed by atoms with Crippen LogP contribution in [0.2, 0.25) is 0 Å². The Bertz CT molecular complexity index is 495. The van der Waals surface area contributed by atoms with Crippen LogP contribution in [0.4, 0.5) is 0 Å². The van der Waals surface area contributed by atoms with Gasteiger partial charge < -0.3 is 4.74 Å². The average Bonchev–Trinajstić information content (AvgIpc) is 2.46. The molecule has 0 aliphatic heterocycles. The van der Waals surface area contributed by atoms with Crippen LogP contribution in [-0.2, 0) is 0 Å². The SMILES string of the molecule is CC1CC=C2C[C@@H](Oc3ccncc3)CC[C@]2(C)C1C. The van der Waals surface area contributed by atoms with Crippen molar-refractivity contribution < 1.29 is 4.74 Å². The summed E-state index contributed by atoms with van der Waals surface area (Å²) in [5.74, 6) is 2.54. The van der Waals surface area contributed by atoms with Gasteiger partial charge in [0, 0.05) is 18.8 Å². The summed E-state index contributed by atoms with van der Waals surface area (Å²) in [6, 6.07) is 3.90. The summed E-state index contributed by atoms with van der Waals surface area (Å²) in [4.78, 5) is 4.04. The smallest absolute Gasteiger partial charge is 0.122 e. The Kier molecular flexibility index (Phi) is 3.57. The summed E-state index contributed by atoms with van der Waals surface area (Å²) in [7, 11) is 0. The lowest BCUT2D eigenvalue weighted by Crippen LogP contribution is -2.41. The molecular formula is C18H25NO. The molecule has 2 heteroatoms. The Morgan fingerprint density at radius 2 is 2.00 bits per heavy atom. The maximum atomic E-state index is 6.13. The minimum Gasteiger partial charge on any atom is -0.490 e. The number of rotatable bonds is 2. The molecule has 1 aromatic heterocycles. The third-order valence-electron chi connectivity index (χ3n) is 5.71. The Labute approximate surface area is 122 Å². The number of hydrogen-bond donors (Lipinski definition) is 0. The quantitative estimate of drug-likeness (QED) is 0.732. The average molecular weight is 271 g/mol. The van der Waals surface area contributed by atoms with Crippen LogP contribution in [-0.4, -0.2) is 11.1 Å². The van der Waals surface area contributed by atoms with Gasteiger partial charge in [-0.1, -0.05) is 32.4 Å². The number of pyridine rings is 1. The van der Waals surface area contributed by atoms with Gasteiger partial charge in [0.15, 0.2) is 0 Å². The highest BCUT2D eigenvalue weighted by Crippen LogP contribution is 2.52. The fourth-order valence-electron chi connectivity index (χ4n) is 3.91. The van der Waals surface area contributed by atoms with Gasteiger partial charge in [-0.25, -0.2) is 0 Å². The van der Waals surface area contributed by atoms with Gasteiger partial charge in [0.05, 0.1) is 0 Å². The largest absolute Gasteiger partial charge is 0.490 e. The summed E-state index contributed by atoms with van der Waals surface area (Å²) in [5, 5.41) is 0. The first-order chi connectivity index (χ1) is 9.59. The third-order valence-corrected chi connectivity index (χ3v) is 5.71. The zero-order valence-electron chi connectivity index (χ0n) is 12.8. The van der Waals surface area contributed by atoms with Crippen LogP contribution in [0, 0.1) is 17.3 Å². The van der Waals surface area contributed by atoms with Crippen LogP contribution >= 0.6 is 0 Å². The molecule has 1 aromatic rings. The molecule has 3 rings (SSSR count). The first-order valence-corrected chi connectivity index (χ1v) is 7.86. The zero-order valence-corrected chi connectivity index (χ0v) is 12.8. The van der Waals surface area contributed by atoms with Crippen molar-refractivity contribution in [3.8, 4) is 5.75 Å². The normalized spacial score (nSPS) is 37.0. The van der Waals surface area contributed by atoms with Crippen molar-refractivity contribution in [1.82, 2.24) is 4.98 Å². The van der Waals surface area contributed by atoms with Gasteiger partial charge in [-0.05, 0) is 48.6 Å². The molecule has 0 spiro atoms. The molecule has 0 aromatic carbocycles. The van der Waals surface area contributed by atoms with Crippen molar-refractivity contribution in [3.05, 3.63) is 36.2 Å². The molecule has 4 atom stereocenters. The summed E-state index contributed by atoms with van der Waals surface area (Å²) in [6.07, 6.45) is 11.2. The number of fused-ring (bicyclic) bond motifs is 1. The standard InChI is InChI=1S/C18H25NO/c1-13-4-5-15-12-17(6-9-18(15,3)14(13)2)20-16-7-10-19-11-8-16/h5,7-8,10-11,13-14,17H,4,6,9,12H2,1-3H3/t13?,14?,17-,18+/m0/s1. The first-order valence-electron chi connectivity index (χ1n) is 7.86. The second-order valence-electron chi connectivity index (χ2n) is 6.81. The van der Waals surface area contributed by atoms with E-state index < -0.39 is 0 Å². The number of allylic oxidation sites excluding steroid dienone is 1. The van der Waals surface area contributed by atoms with E-state index in [9.17, 15) is 0 Å². The van der Waals surface area contributed by atoms with Crippen molar-refractivity contribution in [2.75, 3.05) is 0 Å². The summed E-state index contributed by atoms with van der Waals surface area (Å²) < 4.78 is 6.13. The number of nitrogens with zero attached hydrogens (tertiary/aromatic N) is 1. The minimum atomic E-state index is 0.331. The van der Waals surface area contributed by atoms with Crippen LogP contribution in [0.15, 0.2) is 36.2 Å². The molecule has 2 aliphatic rings. The molecule has 0 amide bonds. The van der Waals surface area contributed by atoms with Crippen LogP contribution in [0.3, 0.4) is 0 Å². The molecule has 2 aliphatic carbocycles. The van der Waals surface area contributed by atoms with Crippen LogP contribution < -0.4 is 4.74 Å². The highest BCUT2D eigenvalue weighted by molar-refractivity contribution is 5.24. The van der Waals surface area contributed by atoms with E-state index >= 15 is 0 Å². The predicted molar refractivity (Wildman–Crippen MR) is 81.6 cm³/mol. The fourth-order valence-corrected chi connectivity index (χ4v) is 3.91. The molecule has 1 fully saturated rings. The van der Waals surface area contributed by atoms with Gasteiger partial charge in [0.2, 0.25) is 0 Å². The Hall–Kier alpha value is -1.31. The van der Waals surface area contributed by atoms with Gasteiger partial charge in [-0.2, -0.15) is 0 Å². The Balaban J connectivity index is 1.73. The van der Waals surface area contributed by atoms with E-state index in [1.165, 1.54) is 12.8 Å². The molecule has 1 saturated carbocycles. The van der Waals surface area contributed by atoms with Gasteiger partial charge in [0.1, 0.15) is 11.9 Å². The van der Waals surface area contributed by atoms with E-state index in [2.05, 4.69) is 31.8 Å². The Morgan fingerprint density at radius 3 is 2.75 bits per heavy atom. The van der Waals surface area contributed by atoms with Gasteiger partial charge in [-0.15, -0.1) is 0 Å². The molecule has 0 N–H and O–H groups in total. The topological polar surface area (TPSA) is 22.1 Å². The van der Waals surface area contributed by atoms with E-state index in [-0.39, 0.29) is 0 Å². The molecule has 0 bridgehead atoms. The Morgan fingerprint density at radius 1 is 1.25 bits per heavy atom. The number of aromatic nitrogens is 1. The lowest BCUT2D eigenvalue weighted by Gasteiger charge is -2.48. The molecule has 2 unspecified atom stereocenters. The van der Waals surface area contributed by atoms with E-state index in [4.69, 9.17) is 4.74 Å². The van der Waals surface area contributed by atoms with Crippen LogP contribution in [0.5, 0.6) is 5.75 Å². The van der Waals surface area contributed by atoms with Crippen LogP contribution in [0.25, 0.3) is 0 Å². The second kappa shape index (κ2) is 5.23. The molecule has 0 saturated heterocycles. The van der Waals surface area contributed by atoms with Crippen molar-refractivity contribution in [2.45, 2.75) is 52.6 Å². The van der Waals surface area contributed by atoms with E-state index in [0.717, 1.165) is 30.4 Å². The monoisotopic (exact) mass is 271 g/mol. The highest BCUT2D eigenvalue weighted by atomic mass is 16.5. The molecule has 0 radical (unpaired) electrons. The maximum Gasteiger partial charge on any atom is 0.122 e. The summed E-state index contributed by atoms with van der Waals surface area (Å²) >= 11 is 0. The van der Waals surface area contributed by atoms with Crippen LogP contribution in [0.1, 0.15) is 46.5 Å². The van der Waals surface area contributed by atoms with E-state index in [0.29, 0.717) is 11.5 Å². The lowest BCUT2D eigenvalue weighted by molar-refractivity contribution is 0.0750. The van der Waals surface area contributed by atoms with Gasteiger partial charge >= 0.3 is 0 Å². The van der Waals surface area contributed by atoms with Crippen molar-refractivity contribution in [2.24, 2.45) is 17.3 Å². The fraction of sp³-hybridized carbons (Fsp3) is 0.611. The predicted octanol–water partition coefficient (Wildman–Crippen LogP) is 4.62. The lowest BCUT2D eigenvalue weighted by atomic mass is 9.57. The van der Waals surface area contributed by atoms with Crippen molar-refractivity contribution in [3.63, 3.8) is 0 Å². The highest BCUT2D eigenvalue weighted by Gasteiger charge is 2.43. The second-order valence-corrected chi connectivity index (χ2v) is 6.81. The van der Waals surface area contributed by atoms with Gasteiger partial charge in [0.25, 0.3) is 0 Å². The summed E-state index contributed by atoms with van der Waals surface area (Å²) in [6.45, 7) is 7.28. The summed E-state index contributed by atoms with van der Waals surface area (Å²) in [5.41, 5.74) is 2.03. The van der Waals surface area contributed by atoms with Crippen molar-refractivity contribution >= 4 is 0 Å². The van der Waals surface area contributed by atoms with Gasteiger partial charge in [-0.3, -0.25) is 4.98 Å². The van der Waals surface area contributed by atoms with E-state index in [1.807, 2.05) is 12.1 Å². The molecule has 2 nitrogen and oxygen atoms in total. The molecular weight excluding hydrogens is 246 g/mol. The minimum absolute atomic E-state index is 0.331. The van der Waals surface area contributed by atoms with E-state index in [1.54, 1.807) is 18.0 Å². The zero-order chi connectivity index (χ0) is 14.2. The molecule has 108 valence electrons. The molecule has 1 heterocycles. The first kappa shape index (κ1) is 13.7. The maximum absolute atomic E-state index is 6.13. The third kappa shape index (κ3) is 2.36. The molecule has 20 heavy (non-hydrogen) atoms. The number of ether oxygens (including phenoxy) is 1. The number of hydrogen-bond acceptors (Lipinski definition) is 2. The van der Waals surface area contributed by atoms with Crippen molar-refractivity contribution in [1.29, 1.82) is 0 Å².